The normalized spacial score (nSPS) is 11.2. The molecule has 0 saturated heterocycles. The summed E-state index contributed by atoms with van der Waals surface area (Å²) in [6.45, 7) is 2.57. The number of aromatic nitrogens is 1. The maximum Gasteiger partial charge on any atom is 0.263 e. The number of nitrogens with one attached hydrogen (secondary N) is 1. The number of amides is 1. The zero-order valence-corrected chi connectivity index (χ0v) is 14.7. The van der Waals surface area contributed by atoms with Crippen molar-refractivity contribution in [3.05, 3.63) is 29.5 Å². The van der Waals surface area contributed by atoms with E-state index in [-0.39, 0.29) is 36.8 Å². The highest BCUT2D eigenvalue weighted by Crippen LogP contribution is 2.25. The van der Waals surface area contributed by atoms with Crippen LogP contribution in [0.25, 0.3) is 10.8 Å². The lowest BCUT2D eigenvalue weighted by Gasteiger charge is -2.15. The molecule has 0 aliphatic heterocycles. The van der Waals surface area contributed by atoms with Gasteiger partial charge in [0.1, 0.15) is 4.88 Å². The average molecular weight is 366 g/mol. The summed E-state index contributed by atoms with van der Waals surface area (Å²) >= 11 is 1.32. The Kier molecular flexibility index (Phi) is 10.1. The first-order valence-electron chi connectivity index (χ1n) is 6.75. The molecule has 0 fully saturated rings. The Labute approximate surface area is 146 Å². The van der Waals surface area contributed by atoms with Gasteiger partial charge in [0.15, 0.2) is 10.8 Å². The molecule has 0 bridgehead atoms. The molecule has 5 nitrogen and oxygen atoms in total. The molecule has 0 radical (unpaired) electrons. The van der Waals surface area contributed by atoms with Crippen molar-refractivity contribution < 1.29 is 9.21 Å². The second-order valence-electron chi connectivity index (χ2n) is 4.56. The number of hydrogen-bond acceptors (Lipinski definition) is 5. The van der Waals surface area contributed by atoms with E-state index in [4.69, 9.17) is 10.2 Å². The molecule has 3 N–H and O–H groups in total. The number of nitrogens with zero attached hydrogens (tertiary/aromatic N) is 1. The van der Waals surface area contributed by atoms with Gasteiger partial charge in [0.25, 0.3) is 5.91 Å². The summed E-state index contributed by atoms with van der Waals surface area (Å²) in [5, 5.41) is 3.66. The van der Waals surface area contributed by atoms with Gasteiger partial charge >= 0.3 is 0 Å². The van der Waals surface area contributed by atoms with Crippen LogP contribution in [0.4, 0.5) is 0 Å². The van der Waals surface area contributed by atoms with Gasteiger partial charge in [-0.2, -0.15) is 0 Å². The van der Waals surface area contributed by atoms with Gasteiger partial charge in [-0.15, -0.1) is 36.2 Å². The number of carbonyl (C=O) groups excluding carboxylic acids is 1. The van der Waals surface area contributed by atoms with Crippen molar-refractivity contribution in [2.24, 2.45) is 5.73 Å². The summed E-state index contributed by atoms with van der Waals surface area (Å²) in [5.74, 6) is 0.558. The van der Waals surface area contributed by atoms with Crippen LogP contribution >= 0.6 is 36.2 Å². The minimum atomic E-state index is -0.119. The summed E-state index contributed by atoms with van der Waals surface area (Å²) in [6, 6.07) is 3.65. The molecule has 0 saturated carbocycles. The van der Waals surface area contributed by atoms with Crippen LogP contribution in [0, 0.1) is 0 Å². The summed E-state index contributed by atoms with van der Waals surface area (Å²) in [7, 11) is 0. The van der Waals surface area contributed by atoms with Gasteiger partial charge in [0.2, 0.25) is 0 Å². The van der Waals surface area contributed by atoms with E-state index < -0.39 is 0 Å². The van der Waals surface area contributed by atoms with Crippen LogP contribution in [-0.4, -0.2) is 23.5 Å². The topological polar surface area (TPSA) is 81.1 Å². The van der Waals surface area contributed by atoms with Crippen molar-refractivity contribution in [2.75, 3.05) is 6.54 Å². The first-order valence-corrected chi connectivity index (χ1v) is 7.57. The van der Waals surface area contributed by atoms with E-state index in [9.17, 15) is 4.79 Å². The molecule has 1 unspecified atom stereocenters. The summed E-state index contributed by atoms with van der Waals surface area (Å²) in [4.78, 5) is 16.9. The van der Waals surface area contributed by atoms with Gasteiger partial charge in [0.05, 0.1) is 12.5 Å². The van der Waals surface area contributed by atoms with Crippen molar-refractivity contribution in [2.45, 2.75) is 32.2 Å². The van der Waals surface area contributed by atoms with E-state index in [0.717, 1.165) is 19.3 Å². The number of unbranched alkanes of at least 4 members (excludes halogenated alkanes) is 1. The number of furan rings is 1. The van der Waals surface area contributed by atoms with Crippen molar-refractivity contribution >= 4 is 42.1 Å². The molecule has 1 amide bonds. The molecular weight excluding hydrogens is 345 g/mol. The maximum absolute atomic E-state index is 12.1. The van der Waals surface area contributed by atoms with Crippen LogP contribution in [0.3, 0.4) is 0 Å². The molecule has 124 valence electrons. The first kappa shape index (κ1) is 20.9. The fourth-order valence-corrected chi connectivity index (χ4v) is 2.64. The van der Waals surface area contributed by atoms with Gasteiger partial charge in [-0.3, -0.25) is 4.79 Å². The largest absolute Gasteiger partial charge is 0.462 e. The number of hydrogen-bond donors (Lipinski definition) is 2. The molecule has 0 aliphatic rings. The smallest absolute Gasteiger partial charge is 0.263 e. The Hall–Kier alpha value is -1.08. The number of halogens is 2. The Morgan fingerprint density at radius 2 is 2.27 bits per heavy atom. The molecule has 22 heavy (non-hydrogen) atoms. The standard InChI is InChI=1S/C14H19N3O2S.2ClH/c1-2-3-5-10(8-15)17-13(18)12-9-16-14(20-12)11-6-4-7-19-11;;/h4,6-7,9-10H,2-3,5,8,15H2,1H3,(H,17,18);2*1H. The van der Waals surface area contributed by atoms with Gasteiger partial charge in [-0.05, 0) is 18.6 Å². The highest BCUT2D eigenvalue weighted by molar-refractivity contribution is 7.16. The van der Waals surface area contributed by atoms with E-state index in [2.05, 4.69) is 17.2 Å². The minimum absolute atomic E-state index is 0. The zero-order chi connectivity index (χ0) is 14.4. The third-order valence-electron chi connectivity index (χ3n) is 2.99. The van der Waals surface area contributed by atoms with Crippen LogP contribution in [0.5, 0.6) is 0 Å². The Balaban J connectivity index is 0.00000220. The molecule has 2 heterocycles. The van der Waals surface area contributed by atoms with Crippen molar-refractivity contribution in [3.63, 3.8) is 0 Å². The lowest BCUT2D eigenvalue weighted by atomic mass is 10.1. The summed E-state index contributed by atoms with van der Waals surface area (Å²) in [5.41, 5.74) is 5.68. The molecule has 0 aliphatic carbocycles. The second-order valence-corrected chi connectivity index (χ2v) is 5.59. The van der Waals surface area contributed by atoms with Crippen LogP contribution in [0.15, 0.2) is 29.0 Å². The lowest BCUT2D eigenvalue weighted by Crippen LogP contribution is -2.39. The molecule has 0 spiro atoms. The molecule has 2 rings (SSSR count). The van der Waals surface area contributed by atoms with Crippen molar-refractivity contribution in [3.8, 4) is 10.8 Å². The summed E-state index contributed by atoms with van der Waals surface area (Å²) < 4.78 is 5.26. The third-order valence-corrected chi connectivity index (χ3v) is 4.00. The van der Waals surface area contributed by atoms with Crippen molar-refractivity contribution in [1.82, 2.24) is 10.3 Å². The maximum atomic E-state index is 12.1. The van der Waals surface area contributed by atoms with Crippen LogP contribution < -0.4 is 11.1 Å². The third kappa shape index (κ3) is 5.61. The van der Waals surface area contributed by atoms with Crippen LogP contribution in [0.2, 0.25) is 0 Å². The monoisotopic (exact) mass is 365 g/mol. The minimum Gasteiger partial charge on any atom is -0.462 e. The lowest BCUT2D eigenvalue weighted by molar-refractivity contribution is 0.0939. The fourth-order valence-electron chi connectivity index (χ4n) is 1.85. The SMILES string of the molecule is CCCCC(CN)NC(=O)c1cnc(-c2ccco2)s1.Cl.Cl. The van der Waals surface area contributed by atoms with Gasteiger partial charge < -0.3 is 15.5 Å². The number of rotatable bonds is 7. The van der Waals surface area contributed by atoms with Crippen LogP contribution in [0.1, 0.15) is 35.9 Å². The Bertz CT molecular complexity index is 546. The quantitative estimate of drug-likeness (QED) is 0.786. The number of carbonyl (C=O) groups is 1. The number of thiazole rings is 1. The van der Waals surface area contributed by atoms with E-state index in [0.29, 0.717) is 22.2 Å². The van der Waals surface area contributed by atoms with Gasteiger partial charge in [-0.1, -0.05) is 19.8 Å². The summed E-state index contributed by atoms with van der Waals surface area (Å²) in [6.07, 6.45) is 6.22. The average Bonchev–Trinajstić information content (AvgIpc) is 3.12. The molecule has 8 heteroatoms. The highest BCUT2D eigenvalue weighted by atomic mass is 35.5. The van der Waals surface area contributed by atoms with Gasteiger partial charge in [0, 0.05) is 12.6 Å². The van der Waals surface area contributed by atoms with E-state index in [1.54, 1.807) is 18.5 Å². The molecule has 0 aromatic carbocycles. The van der Waals surface area contributed by atoms with Crippen molar-refractivity contribution in [1.29, 1.82) is 0 Å². The molecule has 2 aromatic rings. The second kappa shape index (κ2) is 10.6. The fraction of sp³-hybridized carbons (Fsp3) is 0.429. The van der Waals surface area contributed by atoms with Gasteiger partial charge in [-0.25, -0.2) is 4.98 Å². The predicted octanol–water partition coefficient (Wildman–Crippen LogP) is 3.49. The molecular formula is C14H21Cl2N3O2S. The zero-order valence-electron chi connectivity index (χ0n) is 12.3. The van der Waals surface area contributed by atoms with E-state index in [1.807, 2.05) is 6.07 Å². The Morgan fingerprint density at radius 1 is 1.50 bits per heavy atom. The first-order chi connectivity index (χ1) is 9.74. The molecule has 2 aromatic heterocycles. The van der Waals surface area contributed by atoms with E-state index in [1.165, 1.54) is 11.3 Å². The predicted molar refractivity (Wildman–Crippen MR) is 94.1 cm³/mol. The number of nitrogens with two attached hydrogens (primary N) is 1. The highest BCUT2D eigenvalue weighted by Gasteiger charge is 2.16. The Morgan fingerprint density at radius 3 is 2.86 bits per heavy atom. The van der Waals surface area contributed by atoms with Crippen LogP contribution in [-0.2, 0) is 0 Å². The van der Waals surface area contributed by atoms with E-state index >= 15 is 0 Å². The molecule has 1 atom stereocenters.